The minimum atomic E-state index is -3.69. The maximum Gasteiger partial charge on any atom is 0.238 e. The van der Waals surface area contributed by atoms with Crippen molar-refractivity contribution < 1.29 is 13.2 Å². The van der Waals surface area contributed by atoms with Crippen LogP contribution in [-0.2, 0) is 21.2 Å². The number of piperidine rings is 1. The van der Waals surface area contributed by atoms with Gasteiger partial charge in [-0.1, -0.05) is 12.1 Å². The SMILES string of the molecule is Cc1cc(C)n(-c2ccc(N3CCC(C(=O)NCCc4ccc(S(N)(=O)=O)cc4)CC3)nn2)n1. The summed E-state index contributed by atoms with van der Waals surface area (Å²) >= 11 is 0. The molecule has 0 aliphatic carbocycles. The quantitative estimate of drug-likeness (QED) is 0.520. The van der Waals surface area contributed by atoms with Crippen LogP contribution in [0.25, 0.3) is 5.82 Å². The average molecular weight is 484 g/mol. The van der Waals surface area contributed by atoms with Crippen LogP contribution in [-0.4, -0.2) is 53.9 Å². The van der Waals surface area contributed by atoms with Crippen LogP contribution in [0.15, 0.2) is 47.4 Å². The fourth-order valence-corrected chi connectivity index (χ4v) is 4.67. The van der Waals surface area contributed by atoms with Crippen molar-refractivity contribution in [1.82, 2.24) is 25.3 Å². The van der Waals surface area contributed by atoms with Crippen molar-refractivity contribution >= 4 is 21.7 Å². The Morgan fingerprint density at radius 1 is 1.06 bits per heavy atom. The molecule has 0 spiro atoms. The lowest BCUT2D eigenvalue weighted by atomic mass is 9.96. The van der Waals surface area contributed by atoms with Crippen molar-refractivity contribution in [1.29, 1.82) is 0 Å². The van der Waals surface area contributed by atoms with E-state index in [1.807, 2.05) is 32.0 Å². The van der Waals surface area contributed by atoms with Gasteiger partial charge in [0.2, 0.25) is 15.9 Å². The third kappa shape index (κ3) is 5.60. The van der Waals surface area contributed by atoms with Crippen LogP contribution in [0.5, 0.6) is 0 Å². The van der Waals surface area contributed by atoms with Gasteiger partial charge in [0.05, 0.1) is 10.6 Å². The fourth-order valence-electron chi connectivity index (χ4n) is 4.15. The number of amides is 1. The molecular weight excluding hydrogens is 454 g/mol. The molecule has 1 amide bonds. The van der Waals surface area contributed by atoms with Crippen molar-refractivity contribution in [3.63, 3.8) is 0 Å². The number of carbonyl (C=O) groups is 1. The second-order valence-corrected chi connectivity index (χ2v) is 10.1. The molecule has 0 bridgehead atoms. The Labute approximate surface area is 199 Å². The molecule has 180 valence electrons. The average Bonchev–Trinajstić information content (AvgIpc) is 3.17. The molecule has 1 aromatic carbocycles. The Kier molecular flexibility index (Phi) is 6.94. The van der Waals surface area contributed by atoms with E-state index in [1.54, 1.807) is 16.8 Å². The first-order chi connectivity index (χ1) is 16.2. The highest BCUT2D eigenvalue weighted by atomic mass is 32.2. The van der Waals surface area contributed by atoms with E-state index in [9.17, 15) is 13.2 Å². The number of hydrogen-bond donors (Lipinski definition) is 2. The van der Waals surface area contributed by atoms with Crippen molar-refractivity contribution in [3.8, 4) is 5.82 Å². The fraction of sp³-hybridized carbons (Fsp3) is 0.391. The van der Waals surface area contributed by atoms with E-state index < -0.39 is 10.0 Å². The van der Waals surface area contributed by atoms with Crippen LogP contribution in [0, 0.1) is 19.8 Å². The molecule has 0 unspecified atom stereocenters. The molecule has 1 saturated heterocycles. The molecule has 2 aromatic heterocycles. The first kappa shape index (κ1) is 23.8. The van der Waals surface area contributed by atoms with E-state index in [-0.39, 0.29) is 16.7 Å². The number of benzene rings is 1. The number of anilines is 1. The van der Waals surface area contributed by atoms with Gasteiger partial charge in [-0.15, -0.1) is 10.2 Å². The summed E-state index contributed by atoms with van der Waals surface area (Å²) in [6.45, 7) is 5.89. The summed E-state index contributed by atoms with van der Waals surface area (Å²) in [6.07, 6.45) is 2.11. The van der Waals surface area contributed by atoms with Gasteiger partial charge in [0.15, 0.2) is 11.6 Å². The molecule has 1 aliphatic heterocycles. The highest BCUT2D eigenvalue weighted by Crippen LogP contribution is 2.22. The number of carbonyl (C=O) groups excluding carboxylic acids is 1. The largest absolute Gasteiger partial charge is 0.356 e. The number of rotatable bonds is 7. The molecule has 3 aromatic rings. The van der Waals surface area contributed by atoms with E-state index in [4.69, 9.17) is 5.14 Å². The highest BCUT2D eigenvalue weighted by molar-refractivity contribution is 7.89. The Morgan fingerprint density at radius 2 is 1.71 bits per heavy atom. The number of sulfonamides is 1. The summed E-state index contributed by atoms with van der Waals surface area (Å²) in [7, 11) is -3.69. The van der Waals surface area contributed by atoms with Crippen molar-refractivity contribution in [2.75, 3.05) is 24.5 Å². The van der Waals surface area contributed by atoms with Crippen LogP contribution in [0.2, 0.25) is 0 Å². The van der Waals surface area contributed by atoms with Gasteiger partial charge in [0, 0.05) is 31.2 Å². The molecule has 0 atom stereocenters. The molecule has 11 heteroatoms. The predicted octanol–water partition coefficient (Wildman–Crippen LogP) is 1.50. The zero-order valence-electron chi connectivity index (χ0n) is 19.3. The highest BCUT2D eigenvalue weighted by Gasteiger charge is 2.25. The summed E-state index contributed by atoms with van der Waals surface area (Å²) in [4.78, 5) is 14.8. The Morgan fingerprint density at radius 3 is 2.26 bits per heavy atom. The number of aryl methyl sites for hydroxylation is 2. The molecule has 0 radical (unpaired) electrons. The number of nitrogens with one attached hydrogen (secondary N) is 1. The smallest absolute Gasteiger partial charge is 0.238 e. The number of nitrogens with two attached hydrogens (primary N) is 1. The van der Waals surface area contributed by atoms with E-state index in [2.05, 4.69) is 25.5 Å². The van der Waals surface area contributed by atoms with Crippen LogP contribution in [0.1, 0.15) is 29.8 Å². The van der Waals surface area contributed by atoms with E-state index >= 15 is 0 Å². The summed E-state index contributed by atoms with van der Waals surface area (Å²) < 4.78 is 24.4. The summed E-state index contributed by atoms with van der Waals surface area (Å²) in [6, 6.07) is 12.2. The zero-order valence-corrected chi connectivity index (χ0v) is 20.1. The van der Waals surface area contributed by atoms with E-state index in [1.165, 1.54) is 12.1 Å². The maximum atomic E-state index is 12.6. The third-order valence-electron chi connectivity index (χ3n) is 6.02. The standard InChI is InChI=1S/C23H29N7O3S/c1-16-15-17(2)30(28-16)22-8-7-21(26-27-22)29-13-10-19(11-14-29)23(31)25-12-9-18-3-5-20(6-4-18)34(24,32)33/h3-8,15,19H,9-14H2,1-2H3,(H,25,31)(H2,24,32,33). The third-order valence-corrected chi connectivity index (χ3v) is 6.95. The monoisotopic (exact) mass is 483 g/mol. The zero-order chi connectivity index (χ0) is 24.3. The topological polar surface area (TPSA) is 136 Å². The number of aromatic nitrogens is 4. The van der Waals surface area contributed by atoms with Gasteiger partial charge < -0.3 is 10.2 Å². The lowest BCUT2D eigenvalue weighted by Gasteiger charge is -2.31. The molecule has 1 fully saturated rings. The van der Waals surface area contributed by atoms with Crippen molar-refractivity contribution in [2.24, 2.45) is 11.1 Å². The van der Waals surface area contributed by atoms with Gasteiger partial charge >= 0.3 is 0 Å². The van der Waals surface area contributed by atoms with Gasteiger partial charge in [-0.05, 0) is 69.0 Å². The van der Waals surface area contributed by atoms with Gasteiger partial charge in [-0.2, -0.15) is 5.10 Å². The van der Waals surface area contributed by atoms with Crippen LogP contribution in [0.3, 0.4) is 0 Å². The Bertz CT molecular complexity index is 1250. The van der Waals surface area contributed by atoms with Gasteiger partial charge in [-0.25, -0.2) is 18.2 Å². The number of primary sulfonamides is 1. The lowest BCUT2D eigenvalue weighted by Crippen LogP contribution is -2.41. The van der Waals surface area contributed by atoms with Gasteiger partial charge in [0.1, 0.15) is 0 Å². The summed E-state index contributed by atoms with van der Waals surface area (Å²) in [5, 5.41) is 21.2. The predicted molar refractivity (Wildman–Crippen MR) is 128 cm³/mol. The molecule has 3 heterocycles. The molecule has 4 rings (SSSR count). The Balaban J connectivity index is 1.24. The minimum absolute atomic E-state index is 0.0389. The molecule has 3 N–H and O–H groups in total. The maximum absolute atomic E-state index is 12.6. The van der Waals surface area contributed by atoms with Gasteiger partial charge in [0.25, 0.3) is 0 Å². The molecule has 34 heavy (non-hydrogen) atoms. The van der Waals surface area contributed by atoms with E-state index in [0.717, 1.165) is 48.7 Å². The second kappa shape index (κ2) is 9.90. The van der Waals surface area contributed by atoms with Crippen molar-refractivity contribution in [3.05, 3.63) is 59.4 Å². The number of nitrogens with zero attached hydrogens (tertiary/aromatic N) is 5. The Hall–Kier alpha value is -3.31. The molecular formula is C23H29N7O3S. The lowest BCUT2D eigenvalue weighted by molar-refractivity contribution is -0.125. The summed E-state index contributed by atoms with van der Waals surface area (Å²) in [5.74, 6) is 1.49. The van der Waals surface area contributed by atoms with Crippen LogP contribution in [0.4, 0.5) is 5.82 Å². The molecule has 0 saturated carbocycles. The normalized spacial score (nSPS) is 14.9. The molecule has 1 aliphatic rings. The molecule has 10 nitrogen and oxygen atoms in total. The van der Waals surface area contributed by atoms with Crippen LogP contribution < -0.4 is 15.4 Å². The first-order valence-electron chi connectivity index (χ1n) is 11.2. The first-order valence-corrected chi connectivity index (χ1v) is 12.8. The second-order valence-electron chi connectivity index (χ2n) is 8.58. The van der Waals surface area contributed by atoms with E-state index in [0.29, 0.717) is 18.8 Å². The van der Waals surface area contributed by atoms with Gasteiger partial charge in [-0.3, -0.25) is 4.79 Å². The summed E-state index contributed by atoms with van der Waals surface area (Å²) in [5.41, 5.74) is 2.88. The van der Waals surface area contributed by atoms with Crippen LogP contribution >= 0.6 is 0 Å². The number of hydrogen-bond acceptors (Lipinski definition) is 7. The van der Waals surface area contributed by atoms with Crippen molar-refractivity contribution in [2.45, 2.75) is 38.0 Å². The minimum Gasteiger partial charge on any atom is -0.356 e.